The first kappa shape index (κ1) is 16.7. The SMILES string of the molecule is O=C(N1CCC(c2cn[nH]c2)C1)N1CCOc2c1cccc2C(F)(F)F. The normalized spacial score (nSPS) is 20.0. The highest BCUT2D eigenvalue weighted by molar-refractivity contribution is 5.94. The van der Waals surface area contributed by atoms with Gasteiger partial charge >= 0.3 is 12.2 Å². The van der Waals surface area contributed by atoms with Gasteiger partial charge in [0.05, 0.1) is 24.0 Å². The van der Waals surface area contributed by atoms with Crippen molar-refractivity contribution in [2.45, 2.75) is 18.5 Å². The highest BCUT2D eigenvalue weighted by Crippen LogP contribution is 2.43. The van der Waals surface area contributed by atoms with Gasteiger partial charge in [0, 0.05) is 25.2 Å². The van der Waals surface area contributed by atoms with Crippen LogP contribution in [0.25, 0.3) is 0 Å². The number of nitrogens with zero attached hydrogens (tertiary/aromatic N) is 3. The number of aromatic amines is 1. The lowest BCUT2D eigenvalue weighted by atomic mass is 10.0. The highest BCUT2D eigenvalue weighted by Gasteiger charge is 2.39. The molecule has 1 aromatic heterocycles. The number of halogens is 3. The largest absolute Gasteiger partial charge is 0.489 e. The van der Waals surface area contributed by atoms with E-state index in [9.17, 15) is 18.0 Å². The van der Waals surface area contributed by atoms with E-state index < -0.39 is 11.7 Å². The second-order valence-electron chi connectivity index (χ2n) is 6.40. The van der Waals surface area contributed by atoms with Crippen LogP contribution in [-0.4, -0.2) is 47.4 Å². The zero-order valence-corrected chi connectivity index (χ0v) is 13.8. The van der Waals surface area contributed by atoms with Gasteiger partial charge in [0.1, 0.15) is 6.61 Å². The number of hydrogen-bond donors (Lipinski definition) is 1. The molecule has 26 heavy (non-hydrogen) atoms. The number of alkyl halides is 3. The smallest absolute Gasteiger partial charge is 0.420 e. The molecular formula is C17H17F3N4O2. The molecule has 6 nitrogen and oxygen atoms in total. The number of carbonyl (C=O) groups excluding carboxylic acids is 1. The van der Waals surface area contributed by atoms with Gasteiger partial charge in [-0.05, 0) is 24.1 Å². The Bertz CT molecular complexity index is 807. The van der Waals surface area contributed by atoms with Crippen LogP contribution in [0.5, 0.6) is 5.75 Å². The molecule has 138 valence electrons. The van der Waals surface area contributed by atoms with E-state index in [2.05, 4.69) is 10.2 Å². The molecule has 2 aliphatic heterocycles. The van der Waals surface area contributed by atoms with Crippen LogP contribution in [0.3, 0.4) is 0 Å². The maximum Gasteiger partial charge on any atom is 0.420 e. The number of amides is 2. The molecule has 0 spiro atoms. The van der Waals surface area contributed by atoms with Crippen LogP contribution in [0.2, 0.25) is 0 Å². The molecule has 1 aromatic carbocycles. The number of benzene rings is 1. The summed E-state index contributed by atoms with van der Waals surface area (Å²) in [6.07, 6.45) is -0.195. The van der Waals surface area contributed by atoms with Crippen molar-refractivity contribution in [1.82, 2.24) is 15.1 Å². The quantitative estimate of drug-likeness (QED) is 0.843. The molecule has 0 saturated carbocycles. The molecule has 0 radical (unpaired) electrons. The number of ether oxygens (including phenoxy) is 1. The molecule has 4 rings (SSSR count). The Kier molecular flexibility index (Phi) is 4.01. The summed E-state index contributed by atoms with van der Waals surface area (Å²) in [4.78, 5) is 16.0. The number of para-hydroxylation sites is 1. The van der Waals surface area contributed by atoms with Gasteiger partial charge < -0.3 is 9.64 Å². The van der Waals surface area contributed by atoms with E-state index in [4.69, 9.17) is 4.74 Å². The van der Waals surface area contributed by atoms with Crippen LogP contribution in [0.15, 0.2) is 30.6 Å². The van der Waals surface area contributed by atoms with Crippen LogP contribution >= 0.6 is 0 Å². The van der Waals surface area contributed by atoms with Crippen LogP contribution < -0.4 is 9.64 Å². The van der Waals surface area contributed by atoms with Gasteiger partial charge in [-0.1, -0.05) is 6.07 Å². The lowest BCUT2D eigenvalue weighted by molar-refractivity contribution is -0.139. The lowest BCUT2D eigenvalue weighted by Crippen LogP contribution is -2.46. The number of anilines is 1. The number of fused-ring (bicyclic) bond motifs is 1. The summed E-state index contributed by atoms with van der Waals surface area (Å²) in [5, 5.41) is 6.69. The first-order valence-corrected chi connectivity index (χ1v) is 8.33. The van der Waals surface area contributed by atoms with E-state index in [1.165, 1.54) is 17.0 Å². The first-order chi connectivity index (χ1) is 12.4. The Balaban J connectivity index is 1.58. The fourth-order valence-electron chi connectivity index (χ4n) is 3.53. The maximum absolute atomic E-state index is 13.2. The Morgan fingerprint density at radius 1 is 1.31 bits per heavy atom. The molecule has 0 aliphatic carbocycles. The van der Waals surface area contributed by atoms with Crippen LogP contribution in [0.1, 0.15) is 23.5 Å². The predicted molar refractivity (Wildman–Crippen MR) is 87.2 cm³/mol. The number of aromatic nitrogens is 2. The Labute approximate surface area is 147 Å². The van der Waals surface area contributed by atoms with E-state index in [-0.39, 0.29) is 36.5 Å². The third kappa shape index (κ3) is 2.87. The minimum absolute atomic E-state index is 0.0326. The van der Waals surface area contributed by atoms with Crippen molar-refractivity contribution >= 4 is 11.7 Å². The third-order valence-electron chi connectivity index (χ3n) is 4.83. The molecule has 2 aromatic rings. The predicted octanol–water partition coefficient (Wildman–Crippen LogP) is 3.24. The molecule has 2 amide bonds. The number of hydrogen-bond acceptors (Lipinski definition) is 3. The molecule has 0 bridgehead atoms. The summed E-state index contributed by atoms with van der Waals surface area (Å²) in [6.45, 7) is 1.33. The van der Waals surface area contributed by atoms with Crippen molar-refractivity contribution in [3.05, 3.63) is 41.7 Å². The minimum Gasteiger partial charge on any atom is -0.489 e. The minimum atomic E-state index is -4.53. The molecular weight excluding hydrogens is 349 g/mol. The van der Waals surface area contributed by atoms with Crippen molar-refractivity contribution in [2.24, 2.45) is 0 Å². The van der Waals surface area contributed by atoms with Gasteiger partial charge in [-0.2, -0.15) is 18.3 Å². The monoisotopic (exact) mass is 366 g/mol. The van der Waals surface area contributed by atoms with E-state index in [0.29, 0.717) is 13.1 Å². The third-order valence-corrected chi connectivity index (χ3v) is 4.83. The molecule has 1 N–H and O–H groups in total. The average Bonchev–Trinajstić information content (AvgIpc) is 3.30. The first-order valence-electron chi connectivity index (χ1n) is 8.33. The van der Waals surface area contributed by atoms with E-state index >= 15 is 0 Å². The van der Waals surface area contributed by atoms with Gasteiger partial charge in [0.15, 0.2) is 5.75 Å². The number of carbonyl (C=O) groups is 1. The standard InChI is InChI=1S/C17H17F3N4O2/c18-17(19,20)13-2-1-3-14-15(13)26-7-6-24(14)16(25)23-5-4-11(10-23)12-8-21-22-9-12/h1-3,8-9,11H,4-7,10H2,(H,21,22). The molecule has 1 unspecified atom stereocenters. The number of urea groups is 1. The summed E-state index contributed by atoms with van der Waals surface area (Å²) in [7, 11) is 0. The van der Waals surface area contributed by atoms with Crippen molar-refractivity contribution in [2.75, 3.05) is 31.1 Å². The number of rotatable bonds is 1. The van der Waals surface area contributed by atoms with Gasteiger partial charge in [0.2, 0.25) is 0 Å². The van der Waals surface area contributed by atoms with E-state index in [0.717, 1.165) is 18.1 Å². The van der Waals surface area contributed by atoms with Crippen molar-refractivity contribution in [3.63, 3.8) is 0 Å². The average molecular weight is 366 g/mol. The molecule has 1 saturated heterocycles. The van der Waals surface area contributed by atoms with Gasteiger partial charge in [-0.3, -0.25) is 10.00 Å². The van der Waals surface area contributed by atoms with Crippen molar-refractivity contribution < 1.29 is 22.7 Å². The summed E-state index contributed by atoms with van der Waals surface area (Å²) in [5.74, 6) is -0.0927. The fourth-order valence-corrected chi connectivity index (χ4v) is 3.53. The van der Waals surface area contributed by atoms with Crippen molar-refractivity contribution in [1.29, 1.82) is 0 Å². The second-order valence-corrected chi connectivity index (χ2v) is 6.40. The summed E-state index contributed by atoms with van der Waals surface area (Å²) in [5.41, 5.74) is 0.343. The molecule has 1 fully saturated rings. The topological polar surface area (TPSA) is 61.5 Å². The molecule has 9 heteroatoms. The van der Waals surface area contributed by atoms with Crippen LogP contribution in [0, 0.1) is 0 Å². The fraction of sp³-hybridized carbons (Fsp3) is 0.412. The summed E-state index contributed by atoms with van der Waals surface area (Å²) < 4.78 is 44.9. The molecule has 1 atom stereocenters. The van der Waals surface area contributed by atoms with Crippen LogP contribution in [-0.2, 0) is 6.18 Å². The Morgan fingerprint density at radius 2 is 2.15 bits per heavy atom. The summed E-state index contributed by atoms with van der Waals surface area (Å²) >= 11 is 0. The molecule has 3 heterocycles. The lowest BCUT2D eigenvalue weighted by Gasteiger charge is -2.33. The summed E-state index contributed by atoms with van der Waals surface area (Å²) in [6, 6.07) is 3.47. The Hall–Kier alpha value is -2.71. The number of H-pyrrole nitrogens is 1. The number of nitrogens with one attached hydrogen (secondary N) is 1. The van der Waals surface area contributed by atoms with Gasteiger partial charge in [0.25, 0.3) is 0 Å². The van der Waals surface area contributed by atoms with Gasteiger partial charge in [-0.15, -0.1) is 0 Å². The second kappa shape index (κ2) is 6.22. The van der Waals surface area contributed by atoms with E-state index in [1.54, 1.807) is 17.3 Å². The van der Waals surface area contributed by atoms with Gasteiger partial charge in [-0.25, -0.2) is 4.79 Å². The molecule has 2 aliphatic rings. The Morgan fingerprint density at radius 3 is 2.88 bits per heavy atom. The number of likely N-dealkylation sites (tertiary alicyclic amines) is 1. The van der Waals surface area contributed by atoms with Crippen molar-refractivity contribution in [3.8, 4) is 5.75 Å². The highest BCUT2D eigenvalue weighted by atomic mass is 19.4. The zero-order valence-electron chi connectivity index (χ0n) is 13.8. The zero-order chi connectivity index (χ0) is 18.3. The maximum atomic E-state index is 13.2. The van der Waals surface area contributed by atoms with E-state index in [1.807, 2.05) is 0 Å². The van der Waals surface area contributed by atoms with Crippen LogP contribution in [0.4, 0.5) is 23.7 Å².